The van der Waals surface area contributed by atoms with Crippen LogP contribution in [-0.4, -0.2) is 37.1 Å². The summed E-state index contributed by atoms with van der Waals surface area (Å²) in [5, 5.41) is 3.47. The lowest BCUT2D eigenvalue weighted by atomic mass is 9.88. The summed E-state index contributed by atoms with van der Waals surface area (Å²) in [6, 6.07) is 7.24. The molecule has 102 valence electrons. The van der Waals surface area contributed by atoms with Gasteiger partial charge in [0.1, 0.15) is 5.82 Å². The number of hydrogen-bond donors (Lipinski definition) is 1. The second-order valence-electron chi connectivity index (χ2n) is 5.45. The van der Waals surface area contributed by atoms with Crippen molar-refractivity contribution in [3.8, 4) is 0 Å². The molecule has 1 aromatic carbocycles. The largest absolute Gasteiger partial charge is 0.312 e. The Hall–Kier alpha value is -0.930. The Morgan fingerprint density at radius 2 is 1.89 bits per heavy atom. The molecular weight excluding hydrogens is 227 g/mol. The van der Waals surface area contributed by atoms with E-state index in [2.05, 4.69) is 45.1 Å². The van der Waals surface area contributed by atoms with Crippen LogP contribution in [0, 0.1) is 5.82 Å². The molecule has 0 saturated carbocycles. The molecule has 1 aromatic rings. The number of nitrogens with zero attached hydrogens (tertiary/aromatic N) is 1. The van der Waals surface area contributed by atoms with Crippen LogP contribution in [0.15, 0.2) is 24.3 Å². The molecule has 0 aliphatic heterocycles. The summed E-state index contributed by atoms with van der Waals surface area (Å²) in [6.07, 6.45) is 0.700. The van der Waals surface area contributed by atoms with Gasteiger partial charge in [-0.2, -0.15) is 0 Å². The molecule has 2 nitrogen and oxygen atoms in total. The summed E-state index contributed by atoms with van der Waals surface area (Å²) < 4.78 is 13.7. The Bertz CT molecular complexity index is 375. The Balaban J connectivity index is 2.91. The van der Waals surface area contributed by atoms with Gasteiger partial charge in [0.05, 0.1) is 0 Å². The molecule has 18 heavy (non-hydrogen) atoms. The van der Waals surface area contributed by atoms with E-state index in [9.17, 15) is 4.39 Å². The molecule has 0 bridgehead atoms. The predicted molar refractivity (Wildman–Crippen MR) is 75.3 cm³/mol. The predicted octanol–water partition coefficient (Wildman–Crippen LogP) is 2.69. The van der Waals surface area contributed by atoms with Crippen LogP contribution in [0.1, 0.15) is 26.3 Å². The minimum Gasteiger partial charge on any atom is -0.312 e. The SMILES string of the molecule is CCNC(Cc1ccccc1F)C(C)(C)N(C)C. The van der Waals surface area contributed by atoms with Gasteiger partial charge in [-0.1, -0.05) is 25.1 Å². The fourth-order valence-corrected chi connectivity index (χ4v) is 2.01. The summed E-state index contributed by atoms with van der Waals surface area (Å²) in [4.78, 5) is 2.18. The quantitative estimate of drug-likeness (QED) is 0.837. The number of hydrogen-bond acceptors (Lipinski definition) is 2. The van der Waals surface area contributed by atoms with Gasteiger partial charge in [0.2, 0.25) is 0 Å². The minimum atomic E-state index is -0.116. The van der Waals surface area contributed by atoms with Crippen LogP contribution in [0.3, 0.4) is 0 Å². The summed E-state index contributed by atoms with van der Waals surface area (Å²) in [5.74, 6) is -0.116. The molecular formula is C15H25FN2. The maximum atomic E-state index is 13.7. The first-order valence-corrected chi connectivity index (χ1v) is 6.53. The van der Waals surface area contributed by atoms with Crippen LogP contribution in [0.25, 0.3) is 0 Å². The highest BCUT2D eigenvalue weighted by molar-refractivity contribution is 5.19. The van der Waals surface area contributed by atoms with E-state index >= 15 is 0 Å². The zero-order chi connectivity index (χ0) is 13.8. The number of likely N-dealkylation sites (N-methyl/N-ethyl adjacent to an activating group) is 2. The Kier molecular flexibility index (Phi) is 5.29. The fourth-order valence-electron chi connectivity index (χ4n) is 2.01. The zero-order valence-electron chi connectivity index (χ0n) is 12.1. The van der Waals surface area contributed by atoms with Crippen molar-refractivity contribution in [2.24, 2.45) is 0 Å². The highest BCUT2D eigenvalue weighted by Gasteiger charge is 2.31. The van der Waals surface area contributed by atoms with Crippen molar-refractivity contribution in [1.29, 1.82) is 0 Å². The topological polar surface area (TPSA) is 15.3 Å². The lowest BCUT2D eigenvalue weighted by molar-refractivity contribution is 0.137. The summed E-state index contributed by atoms with van der Waals surface area (Å²) >= 11 is 0. The normalized spacial score (nSPS) is 13.9. The number of benzene rings is 1. The molecule has 0 heterocycles. The van der Waals surface area contributed by atoms with Crippen LogP contribution in [0.5, 0.6) is 0 Å². The molecule has 0 aromatic heterocycles. The van der Waals surface area contributed by atoms with Gasteiger partial charge in [0.25, 0.3) is 0 Å². The molecule has 0 radical (unpaired) electrons. The molecule has 0 spiro atoms. The van der Waals surface area contributed by atoms with E-state index in [1.165, 1.54) is 6.07 Å². The van der Waals surface area contributed by atoms with Crippen LogP contribution in [0.4, 0.5) is 4.39 Å². The molecule has 3 heteroatoms. The lowest BCUT2D eigenvalue weighted by Gasteiger charge is -2.40. The third-order valence-corrected chi connectivity index (χ3v) is 3.84. The molecule has 1 unspecified atom stereocenters. The van der Waals surface area contributed by atoms with Gasteiger partial charge in [-0.25, -0.2) is 4.39 Å². The van der Waals surface area contributed by atoms with Crippen molar-refractivity contribution in [2.75, 3.05) is 20.6 Å². The smallest absolute Gasteiger partial charge is 0.126 e. The average molecular weight is 252 g/mol. The van der Waals surface area contributed by atoms with Gasteiger partial charge in [0, 0.05) is 11.6 Å². The van der Waals surface area contributed by atoms with Crippen molar-refractivity contribution in [2.45, 2.75) is 38.8 Å². The third kappa shape index (κ3) is 3.53. The third-order valence-electron chi connectivity index (χ3n) is 3.84. The number of halogens is 1. The van der Waals surface area contributed by atoms with Gasteiger partial charge in [-0.15, -0.1) is 0 Å². The van der Waals surface area contributed by atoms with Crippen molar-refractivity contribution in [1.82, 2.24) is 10.2 Å². The minimum absolute atomic E-state index is 0.0295. The molecule has 1 rings (SSSR count). The standard InChI is InChI=1S/C15H25FN2/c1-6-17-14(15(2,3)18(4)5)11-12-9-7-8-10-13(12)16/h7-10,14,17H,6,11H2,1-5H3. The molecule has 1 N–H and O–H groups in total. The van der Waals surface area contributed by atoms with Crippen molar-refractivity contribution in [3.05, 3.63) is 35.6 Å². The molecule has 0 amide bonds. The molecule has 0 aliphatic rings. The van der Waals surface area contributed by atoms with E-state index < -0.39 is 0 Å². The van der Waals surface area contributed by atoms with E-state index in [0.717, 1.165) is 12.1 Å². The highest BCUT2D eigenvalue weighted by atomic mass is 19.1. The first kappa shape index (κ1) is 15.1. The summed E-state index contributed by atoms with van der Waals surface area (Å²) in [5.41, 5.74) is 0.747. The maximum absolute atomic E-state index is 13.7. The second-order valence-corrected chi connectivity index (χ2v) is 5.45. The molecule has 0 aliphatic carbocycles. The first-order valence-electron chi connectivity index (χ1n) is 6.53. The van der Waals surface area contributed by atoms with E-state index in [-0.39, 0.29) is 17.4 Å². The van der Waals surface area contributed by atoms with Crippen LogP contribution in [0.2, 0.25) is 0 Å². The maximum Gasteiger partial charge on any atom is 0.126 e. The Morgan fingerprint density at radius 3 is 2.39 bits per heavy atom. The van der Waals surface area contributed by atoms with E-state index in [1.54, 1.807) is 6.07 Å². The van der Waals surface area contributed by atoms with Gasteiger partial charge in [-0.3, -0.25) is 0 Å². The second kappa shape index (κ2) is 6.30. The summed E-state index contributed by atoms with van der Waals surface area (Å²) in [7, 11) is 4.12. The lowest BCUT2D eigenvalue weighted by Crippen LogP contribution is -2.56. The zero-order valence-corrected chi connectivity index (χ0v) is 12.1. The number of rotatable bonds is 6. The number of nitrogens with one attached hydrogen (secondary N) is 1. The van der Waals surface area contributed by atoms with Gasteiger partial charge < -0.3 is 10.2 Å². The monoisotopic (exact) mass is 252 g/mol. The van der Waals surface area contributed by atoms with Crippen molar-refractivity contribution < 1.29 is 4.39 Å². The van der Waals surface area contributed by atoms with Gasteiger partial charge in [0.15, 0.2) is 0 Å². The van der Waals surface area contributed by atoms with Gasteiger partial charge >= 0.3 is 0 Å². The molecule has 0 fully saturated rings. The van der Waals surface area contributed by atoms with Gasteiger partial charge in [-0.05, 0) is 52.5 Å². The first-order chi connectivity index (χ1) is 8.39. The Morgan fingerprint density at radius 1 is 1.28 bits per heavy atom. The van der Waals surface area contributed by atoms with E-state index in [1.807, 2.05) is 12.1 Å². The van der Waals surface area contributed by atoms with E-state index in [0.29, 0.717) is 6.42 Å². The van der Waals surface area contributed by atoms with Crippen LogP contribution >= 0.6 is 0 Å². The molecule has 0 saturated heterocycles. The average Bonchev–Trinajstić information content (AvgIpc) is 2.31. The Labute approximate surface area is 110 Å². The summed E-state index contributed by atoms with van der Waals surface area (Å²) in [6.45, 7) is 7.33. The highest BCUT2D eigenvalue weighted by Crippen LogP contribution is 2.20. The fraction of sp³-hybridized carbons (Fsp3) is 0.600. The van der Waals surface area contributed by atoms with Crippen LogP contribution in [-0.2, 0) is 6.42 Å². The van der Waals surface area contributed by atoms with E-state index in [4.69, 9.17) is 0 Å². The molecule has 1 atom stereocenters. The van der Waals surface area contributed by atoms with Crippen molar-refractivity contribution in [3.63, 3.8) is 0 Å². The van der Waals surface area contributed by atoms with Crippen LogP contribution < -0.4 is 5.32 Å². The van der Waals surface area contributed by atoms with Crippen molar-refractivity contribution >= 4 is 0 Å².